The van der Waals surface area contributed by atoms with E-state index in [0.717, 1.165) is 12.1 Å². The number of rotatable bonds is 7. The number of fused-ring (bicyclic) bond motifs is 1. The number of ether oxygens (including phenoxy) is 1. The van der Waals surface area contributed by atoms with Crippen LogP contribution in [0.2, 0.25) is 0 Å². The Morgan fingerprint density at radius 1 is 1.00 bits per heavy atom. The number of sulfonamides is 1. The Hall–Kier alpha value is -3.25. The molecule has 1 heterocycles. The Morgan fingerprint density at radius 2 is 1.63 bits per heavy atom. The Kier molecular flexibility index (Phi) is 6.22. The van der Waals surface area contributed by atoms with E-state index < -0.39 is 53.0 Å². The molecule has 4 N–H and O–H groups in total. The van der Waals surface area contributed by atoms with E-state index in [2.05, 4.69) is 0 Å². The van der Waals surface area contributed by atoms with E-state index in [9.17, 15) is 21.6 Å². The average molecular weight is 517 g/mol. The maximum absolute atomic E-state index is 14.4. The highest BCUT2D eigenvalue weighted by molar-refractivity contribution is 7.94. The van der Waals surface area contributed by atoms with Gasteiger partial charge >= 0.3 is 0 Å². The van der Waals surface area contributed by atoms with Crippen molar-refractivity contribution in [3.63, 3.8) is 0 Å². The number of sulfone groups is 1. The van der Waals surface area contributed by atoms with E-state index in [1.807, 2.05) is 0 Å². The van der Waals surface area contributed by atoms with Crippen LogP contribution < -0.4 is 10.9 Å². The second kappa shape index (κ2) is 8.76. The maximum Gasteiger partial charge on any atom is 0.244 e. The maximum atomic E-state index is 14.4. The van der Waals surface area contributed by atoms with Gasteiger partial charge in [-0.1, -0.05) is 42.5 Å². The molecule has 1 atom stereocenters. The van der Waals surface area contributed by atoms with Gasteiger partial charge in [0.2, 0.25) is 30.7 Å². The Morgan fingerprint density at radius 3 is 2.23 bits per heavy atom. The molecule has 11 heteroatoms. The third kappa shape index (κ3) is 4.31. The number of primary amides is 1. The summed E-state index contributed by atoms with van der Waals surface area (Å²) >= 11 is 0. The van der Waals surface area contributed by atoms with Crippen molar-refractivity contribution in [2.75, 3.05) is 0 Å². The van der Waals surface area contributed by atoms with Gasteiger partial charge in [-0.3, -0.25) is 4.79 Å². The third-order valence-electron chi connectivity index (χ3n) is 5.60. The van der Waals surface area contributed by atoms with Gasteiger partial charge in [0.05, 0.1) is 11.0 Å². The van der Waals surface area contributed by atoms with E-state index in [-0.39, 0.29) is 16.9 Å². The third-order valence-corrected chi connectivity index (χ3v) is 8.96. The minimum absolute atomic E-state index is 0.0119. The first kappa shape index (κ1) is 24.9. The van der Waals surface area contributed by atoms with E-state index in [0.29, 0.717) is 11.0 Å². The van der Waals surface area contributed by atoms with Gasteiger partial charge in [-0.15, -0.1) is 0 Å². The monoisotopic (exact) mass is 516 g/mol. The summed E-state index contributed by atoms with van der Waals surface area (Å²) < 4.78 is 65.4. The molecule has 1 aromatic heterocycles. The van der Waals surface area contributed by atoms with Crippen LogP contribution in [0.15, 0.2) is 86.5 Å². The number of allylic oxidation sites excluding steroid dienone is 2. The summed E-state index contributed by atoms with van der Waals surface area (Å²) in [6.07, 6.45) is 1.69. The highest BCUT2D eigenvalue weighted by atomic mass is 32.2. The number of amides is 1. The largest absolute Gasteiger partial charge is 0.456 e. The van der Waals surface area contributed by atoms with Gasteiger partial charge in [-0.25, -0.2) is 22.0 Å². The first-order valence-electron chi connectivity index (χ1n) is 10.6. The molecule has 1 aliphatic carbocycles. The fourth-order valence-electron chi connectivity index (χ4n) is 4.14. The zero-order valence-electron chi connectivity index (χ0n) is 19.0. The first-order chi connectivity index (χ1) is 16.4. The molecule has 9 nitrogen and oxygen atoms in total. The van der Waals surface area contributed by atoms with Crippen LogP contribution in [-0.2, 0) is 29.4 Å². The SMILES string of the molecule is CC(C)OC1(S(=O)(=O)c2ccccc2S(N)(=O)=O)CC(C(N)=O)=CC=C1c1cc2ccccc2o1. The number of hydrogen-bond donors (Lipinski definition) is 2. The predicted molar refractivity (Wildman–Crippen MR) is 130 cm³/mol. The Labute approximate surface area is 203 Å². The van der Waals surface area contributed by atoms with Crippen molar-refractivity contribution in [3.8, 4) is 0 Å². The topological polar surface area (TPSA) is 160 Å². The van der Waals surface area contributed by atoms with Crippen molar-refractivity contribution >= 4 is 42.3 Å². The first-order valence-corrected chi connectivity index (χ1v) is 13.6. The number of furan rings is 1. The molecule has 1 aliphatic rings. The predicted octanol–water partition coefficient (Wildman–Crippen LogP) is 2.87. The van der Waals surface area contributed by atoms with Gasteiger partial charge in [0.15, 0.2) is 0 Å². The molecule has 1 unspecified atom stereocenters. The quantitative estimate of drug-likeness (QED) is 0.488. The number of benzene rings is 2. The number of nitrogens with two attached hydrogens (primary N) is 2. The van der Waals surface area contributed by atoms with Crippen LogP contribution in [0.25, 0.3) is 16.5 Å². The van der Waals surface area contributed by atoms with Crippen molar-refractivity contribution in [3.05, 3.63) is 78.1 Å². The van der Waals surface area contributed by atoms with E-state index in [1.54, 1.807) is 44.2 Å². The van der Waals surface area contributed by atoms with Gasteiger partial charge in [0, 0.05) is 23.0 Å². The number of primary sulfonamides is 1. The lowest BCUT2D eigenvalue weighted by atomic mass is 9.92. The van der Waals surface area contributed by atoms with Crippen molar-refractivity contribution in [1.82, 2.24) is 0 Å². The second-order valence-electron chi connectivity index (χ2n) is 8.38. The smallest absolute Gasteiger partial charge is 0.244 e. The van der Waals surface area contributed by atoms with E-state index in [1.165, 1.54) is 24.3 Å². The Bertz CT molecular complexity index is 1570. The summed E-state index contributed by atoms with van der Waals surface area (Å²) in [7, 11) is -9.12. The van der Waals surface area contributed by atoms with Gasteiger partial charge in [-0.05, 0) is 38.1 Å². The zero-order chi connectivity index (χ0) is 25.6. The molecule has 0 aliphatic heterocycles. The minimum Gasteiger partial charge on any atom is -0.456 e. The van der Waals surface area contributed by atoms with Gasteiger partial charge in [0.1, 0.15) is 16.2 Å². The number of carbonyl (C=O) groups is 1. The van der Waals surface area contributed by atoms with Gasteiger partial charge in [0.25, 0.3) is 0 Å². The molecule has 3 aromatic rings. The van der Waals surface area contributed by atoms with Gasteiger partial charge < -0.3 is 14.9 Å². The lowest BCUT2D eigenvalue weighted by Crippen LogP contribution is -2.47. The summed E-state index contributed by atoms with van der Waals surface area (Å²) in [5.74, 6) is -0.653. The number of carbonyl (C=O) groups excluding carboxylic acids is 1. The van der Waals surface area contributed by atoms with E-state index in [4.69, 9.17) is 20.0 Å². The molecule has 2 aromatic carbocycles. The van der Waals surface area contributed by atoms with Crippen molar-refractivity contribution in [2.45, 2.75) is 41.1 Å². The fraction of sp³-hybridized carbons (Fsp3) is 0.208. The summed E-state index contributed by atoms with van der Waals surface area (Å²) in [6, 6.07) is 13.7. The molecule has 0 radical (unpaired) electrons. The molecule has 0 fully saturated rings. The summed E-state index contributed by atoms with van der Waals surface area (Å²) in [5.41, 5.74) is 6.11. The van der Waals surface area contributed by atoms with Gasteiger partial charge in [-0.2, -0.15) is 0 Å². The summed E-state index contributed by atoms with van der Waals surface area (Å²) in [4.78, 5) is 8.74. The lowest BCUT2D eigenvalue weighted by Gasteiger charge is -2.38. The van der Waals surface area contributed by atoms with Crippen LogP contribution >= 0.6 is 0 Å². The van der Waals surface area contributed by atoms with Crippen molar-refractivity contribution in [2.24, 2.45) is 10.9 Å². The Balaban J connectivity index is 2.07. The molecular weight excluding hydrogens is 492 g/mol. The molecule has 0 saturated carbocycles. The second-order valence-corrected chi connectivity index (χ2v) is 12.0. The van der Waals surface area contributed by atoms with Crippen LogP contribution in [0.1, 0.15) is 26.0 Å². The van der Waals surface area contributed by atoms with Crippen LogP contribution in [0.3, 0.4) is 0 Å². The summed E-state index contributed by atoms with van der Waals surface area (Å²) in [6.45, 7) is 3.25. The normalized spacial score (nSPS) is 19.0. The van der Waals surface area contributed by atoms with Crippen LogP contribution in [0.5, 0.6) is 0 Å². The molecule has 4 rings (SSSR count). The highest BCUT2D eigenvalue weighted by Crippen LogP contribution is 2.48. The molecule has 0 bridgehead atoms. The van der Waals surface area contributed by atoms with Crippen molar-refractivity contribution in [1.29, 1.82) is 0 Å². The number of para-hydroxylation sites is 1. The van der Waals surface area contributed by atoms with Crippen LogP contribution in [0.4, 0.5) is 0 Å². The fourth-order valence-corrected chi connectivity index (χ4v) is 7.51. The molecule has 35 heavy (non-hydrogen) atoms. The highest BCUT2D eigenvalue weighted by Gasteiger charge is 2.54. The minimum atomic E-state index is -4.69. The lowest BCUT2D eigenvalue weighted by molar-refractivity contribution is -0.115. The van der Waals surface area contributed by atoms with Crippen LogP contribution in [0, 0.1) is 0 Å². The molecule has 0 saturated heterocycles. The van der Waals surface area contributed by atoms with Crippen LogP contribution in [-0.4, -0.2) is 33.8 Å². The number of hydrogen-bond acceptors (Lipinski definition) is 7. The average Bonchev–Trinajstić information content (AvgIpc) is 3.21. The van der Waals surface area contributed by atoms with Crippen molar-refractivity contribution < 1.29 is 30.8 Å². The molecule has 0 spiro atoms. The molecule has 1 amide bonds. The standard InChI is InChI=1S/C24H24N2O7S2/c1-15(2)33-24(34(28,29)21-9-5-6-10-22(21)35(26,30)31)14-17(23(25)27)11-12-18(24)20-13-16-7-3-4-8-19(16)32-20/h3-13,15H,14H2,1-2H3,(H2,25,27)(H2,26,30,31). The molecular formula is C24H24N2O7S2. The van der Waals surface area contributed by atoms with E-state index >= 15 is 0 Å². The molecule has 184 valence electrons. The zero-order valence-corrected chi connectivity index (χ0v) is 20.6. The summed E-state index contributed by atoms with van der Waals surface area (Å²) in [5, 5.41) is 6.07.